The molecule has 5 heteroatoms. The summed E-state index contributed by atoms with van der Waals surface area (Å²) in [6, 6.07) is 26.0. The van der Waals surface area contributed by atoms with Crippen LogP contribution in [0, 0.1) is 5.92 Å². The Morgan fingerprint density at radius 1 is 0.839 bits per heavy atom. The molecule has 158 valence electrons. The van der Waals surface area contributed by atoms with Crippen molar-refractivity contribution >= 4 is 40.9 Å². The van der Waals surface area contributed by atoms with Gasteiger partial charge in [-0.2, -0.15) is 0 Å². The summed E-state index contributed by atoms with van der Waals surface area (Å²) in [6.07, 6.45) is 4.72. The van der Waals surface area contributed by atoms with Gasteiger partial charge in [-0.25, -0.2) is 0 Å². The van der Waals surface area contributed by atoms with Crippen molar-refractivity contribution in [3.63, 3.8) is 0 Å². The number of amides is 1. The first kappa shape index (κ1) is 21.7. The second-order valence-electron chi connectivity index (χ2n) is 7.64. The predicted molar refractivity (Wildman–Crippen MR) is 130 cm³/mol. The van der Waals surface area contributed by atoms with Crippen molar-refractivity contribution in [2.45, 2.75) is 28.7 Å². The van der Waals surface area contributed by atoms with Gasteiger partial charge in [-0.3, -0.25) is 9.59 Å². The number of hydrogen-bond donors (Lipinski definition) is 0. The van der Waals surface area contributed by atoms with Gasteiger partial charge in [0, 0.05) is 28.3 Å². The quantitative estimate of drug-likeness (QED) is 0.312. The molecular formula is C26H25NO2S2. The molecule has 0 saturated carbocycles. The van der Waals surface area contributed by atoms with Gasteiger partial charge >= 0.3 is 0 Å². The first-order chi connectivity index (χ1) is 15.1. The monoisotopic (exact) mass is 447 g/mol. The van der Waals surface area contributed by atoms with Crippen LogP contribution in [0.25, 0.3) is 0 Å². The Hall–Kier alpha value is -2.50. The molecule has 0 spiro atoms. The molecule has 1 saturated heterocycles. The van der Waals surface area contributed by atoms with E-state index >= 15 is 0 Å². The maximum absolute atomic E-state index is 13.2. The number of Topliss-reactive ketones (excluding diaryl/α,β-unsaturated/α-hetero) is 1. The van der Waals surface area contributed by atoms with Crippen LogP contribution < -0.4 is 4.90 Å². The Labute approximate surface area is 192 Å². The minimum atomic E-state index is -0.323. The third-order valence-corrected chi connectivity index (χ3v) is 7.20. The van der Waals surface area contributed by atoms with E-state index in [2.05, 4.69) is 24.3 Å². The number of thioether (sulfide) groups is 2. The largest absolute Gasteiger partial charge is 0.304 e. The molecule has 0 radical (unpaired) electrons. The minimum absolute atomic E-state index is 0.0252. The van der Waals surface area contributed by atoms with E-state index in [9.17, 15) is 9.59 Å². The van der Waals surface area contributed by atoms with E-state index in [4.69, 9.17) is 0 Å². The molecule has 1 aliphatic rings. The lowest BCUT2D eigenvalue weighted by atomic mass is 9.78. The second-order valence-corrected chi connectivity index (χ2v) is 9.40. The summed E-state index contributed by atoms with van der Waals surface area (Å²) >= 11 is 3.37. The van der Waals surface area contributed by atoms with Crippen LogP contribution in [0.1, 0.15) is 23.6 Å². The molecular weight excluding hydrogens is 422 g/mol. The smallest absolute Gasteiger partial charge is 0.233 e. The molecule has 4 rings (SSSR count). The van der Waals surface area contributed by atoms with Crippen LogP contribution in [-0.2, 0) is 16.0 Å². The Kier molecular flexibility index (Phi) is 6.83. The van der Waals surface area contributed by atoms with Crippen molar-refractivity contribution < 1.29 is 9.59 Å². The van der Waals surface area contributed by atoms with Gasteiger partial charge < -0.3 is 4.90 Å². The van der Waals surface area contributed by atoms with Crippen molar-refractivity contribution in [3.05, 3.63) is 90.0 Å². The van der Waals surface area contributed by atoms with Crippen LogP contribution in [0.5, 0.6) is 0 Å². The first-order valence-corrected chi connectivity index (χ1v) is 12.7. The fourth-order valence-electron chi connectivity index (χ4n) is 4.10. The molecule has 2 unspecified atom stereocenters. The molecule has 0 N–H and O–H groups in total. The van der Waals surface area contributed by atoms with E-state index < -0.39 is 0 Å². The van der Waals surface area contributed by atoms with Crippen molar-refractivity contribution in [3.8, 4) is 0 Å². The molecule has 0 bridgehead atoms. The molecule has 1 amide bonds. The predicted octanol–water partition coefficient (Wildman–Crippen LogP) is 6.04. The van der Waals surface area contributed by atoms with Gasteiger partial charge in [-0.05, 0) is 60.0 Å². The summed E-state index contributed by atoms with van der Waals surface area (Å²) in [7, 11) is 0. The third kappa shape index (κ3) is 4.73. The molecule has 3 nitrogen and oxygen atoms in total. The number of hydrogen-bond acceptors (Lipinski definition) is 4. The van der Waals surface area contributed by atoms with Gasteiger partial charge in [-0.1, -0.05) is 42.5 Å². The Morgan fingerprint density at radius 2 is 1.42 bits per heavy atom. The summed E-state index contributed by atoms with van der Waals surface area (Å²) in [5.74, 6) is -0.193. The van der Waals surface area contributed by atoms with Gasteiger partial charge in [0.15, 0.2) is 0 Å². The summed E-state index contributed by atoms with van der Waals surface area (Å²) in [4.78, 5) is 30.2. The van der Waals surface area contributed by atoms with Crippen LogP contribution in [-0.4, -0.2) is 24.2 Å². The molecule has 0 aliphatic carbocycles. The van der Waals surface area contributed by atoms with Crippen LogP contribution in [0.3, 0.4) is 0 Å². The van der Waals surface area contributed by atoms with E-state index in [0.29, 0.717) is 6.42 Å². The highest BCUT2D eigenvalue weighted by molar-refractivity contribution is 7.98. The Morgan fingerprint density at radius 3 is 2.00 bits per heavy atom. The Bertz CT molecular complexity index is 1050. The summed E-state index contributed by atoms with van der Waals surface area (Å²) < 4.78 is 0. The zero-order valence-electron chi connectivity index (χ0n) is 17.7. The van der Waals surface area contributed by atoms with Crippen molar-refractivity contribution in [2.24, 2.45) is 5.92 Å². The van der Waals surface area contributed by atoms with Crippen LogP contribution in [0.4, 0.5) is 5.69 Å². The highest BCUT2D eigenvalue weighted by atomic mass is 32.2. The highest BCUT2D eigenvalue weighted by Crippen LogP contribution is 2.45. The lowest BCUT2D eigenvalue weighted by Gasteiger charge is -2.47. The molecule has 1 fully saturated rings. The molecule has 31 heavy (non-hydrogen) atoms. The first-order valence-electron chi connectivity index (χ1n) is 10.3. The Balaban J connectivity index is 1.58. The topological polar surface area (TPSA) is 37.4 Å². The van der Waals surface area contributed by atoms with E-state index in [1.165, 1.54) is 4.90 Å². The third-order valence-electron chi connectivity index (χ3n) is 5.71. The van der Waals surface area contributed by atoms with E-state index in [1.54, 1.807) is 23.5 Å². The number of rotatable bonds is 8. The lowest BCUT2D eigenvalue weighted by molar-refractivity contribution is -0.134. The van der Waals surface area contributed by atoms with E-state index in [-0.39, 0.29) is 30.1 Å². The standard InChI is InChI=1S/C26H25NO2S2/c1-30-22-12-8-19(9-13-22)25-24(17-21(28)16-18-6-4-3-5-7-18)26(29)27(25)20-10-14-23(31-2)15-11-20/h3-15,24-25H,16-17H2,1-2H3. The maximum Gasteiger partial charge on any atom is 0.233 e. The minimum Gasteiger partial charge on any atom is -0.304 e. The van der Waals surface area contributed by atoms with Crippen molar-refractivity contribution in [1.29, 1.82) is 0 Å². The van der Waals surface area contributed by atoms with Gasteiger partial charge in [0.05, 0.1) is 12.0 Å². The van der Waals surface area contributed by atoms with Gasteiger partial charge in [0.1, 0.15) is 5.78 Å². The molecule has 2 atom stereocenters. The number of β-lactam (4-membered cyclic amide) rings is 1. The van der Waals surface area contributed by atoms with Crippen molar-refractivity contribution in [2.75, 3.05) is 17.4 Å². The maximum atomic E-state index is 13.2. The molecule has 1 aliphatic heterocycles. The SMILES string of the molecule is CSc1ccc(C2C(CC(=O)Cc3ccccc3)C(=O)N2c2ccc(SC)cc2)cc1. The van der Waals surface area contributed by atoms with Crippen LogP contribution in [0.2, 0.25) is 0 Å². The highest BCUT2D eigenvalue weighted by Gasteiger charge is 2.49. The normalized spacial score (nSPS) is 18.0. The van der Waals surface area contributed by atoms with E-state index in [1.807, 2.05) is 72.0 Å². The second kappa shape index (κ2) is 9.75. The fraction of sp³-hybridized carbons (Fsp3) is 0.231. The molecule has 3 aromatic rings. The average Bonchev–Trinajstić information content (AvgIpc) is 2.82. The van der Waals surface area contributed by atoms with Crippen LogP contribution >= 0.6 is 23.5 Å². The number of carbonyl (C=O) groups is 2. The van der Waals surface area contributed by atoms with Gasteiger partial charge in [0.25, 0.3) is 0 Å². The van der Waals surface area contributed by atoms with Gasteiger partial charge in [0.2, 0.25) is 5.91 Å². The lowest BCUT2D eigenvalue weighted by Crippen LogP contribution is -2.56. The zero-order chi connectivity index (χ0) is 21.8. The number of anilines is 1. The molecule has 0 aromatic heterocycles. The number of benzene rings is 3. The summed E-state index contributed by atoms with van der Waals surface area (Å²) in [5.41, 5.74) is 2.95. The summed E-state index contributed by atoms with van der Waals surface area (Å²) in [5, 5.41) is 0. The van der Waals surface area contributed by atoms with Crippen molar-refractivity contribution in [1.82, 2.24) is 0 Å². The zero-order valence-corrected chi connectivity index (χ0v) is 19.3. The number of nitrogens with zero attached hydrogens (tertiary/aromatic N) is 1. The van der Waals surface area contributed by atoms with Crippen LogP contribution in [0.15, 0.2) is 88.7 Å². The average molecular weight is 448 g/mol. The molecule has 1 heterocycles. The summed E-state index contributed by atoms with van der Waals surface area (Å²) in [6.45, 7) is 0. The fourth-order valence-corrected chi connectivity index (χ4v) is 4.92. The van der Waals surface area contributed by atoms with Gasteiger partial charge in [-0.15, -0.1) is 23.5 Å². The number of ketones is 1. The molecule has 3 aromatic carbocycles. The number of carbonyl (C=O) groups excluding carboxylic acids is 2. The van der Waals surface area contributed by atoms with E-state index in [0.717, 1.165) is 21.7 Å².